The first-order chi connectivity index (χ1) is 10.5. The van der Waals surface area contributed by atoms with E-state index in [1.54, 1.807) is 0 Å². The highest BCUT2D eigenvalue weighted by Crippen LogP contribution is 2.42. The highest BCUT2D eigenvalue weighted by molar-refractivity contribution is 5.85. The molecule has 1 aromatic rings. The third-order valence-corrected chi connectivity index (χ3v) is 4.94. The maximum atomic E-state index is 12.6. The zero-order valence-corrected chi connectivity index (χ0v) is 13.3. The maximum Gasteiger partial charge on any atom is 0.311 e. The quantitative estimate of drug-likeness (QED) is 0.775. The molecule has 0 aromatic heterocycles. The van der Waals surface area contributed by atoms with Crippen LogP contribution in [0.15, 0.2) is 30.3 Å². The van der Waals surface area contributed by atoms with Gasteiger partial charge in [0.05, 0.1) is 11.3 Å². The van der Waals surface area contributed by atoms with E-state index in [1.165, 1.54) is 0 Å². The number of carboxylic acid groups (broad SMARTS) is 1. The average molecular weight is 303 g/mol. The maximum absolute atomic E-state index is 12.6. The van der Waals surface area contributed by atoms with Crippen molar-refractivity contribution in [3.05, 3.63) is 35.9 Å². The van der Waals surface area contributed by atoms with Gasteiger partial charge in [-0.05, 0) is 37.2 Å². The number of carbonyl (C=O) groups excluding carboxylic acids is 1. The van der Waals surface area contributed by atoms with Gasteiger partial charge in [-0.15, -0.1) is 0 Å². The second kappa shape index (κ2) is 6.95. The Balaban J connectivity index is 2.08. The summed E-state index contributed by atoms with van der Waals surface area (Å²) in [5.41, 5.74) is 0.164. The molecule has 0 radical (unpaired) electrons. The van der Waals surface area contributed by atoms with E-state index in [4.69, 9.17) is 0 Å². The summed E-state index contributed by atoms with van der Waals surface area (Å²) < 4.78 is 0. The number of aliphatic carboxylic acids is 1. The van der Waals surface area contributed by atoms with Gasteiger partial charge in [0, 0.05) is 6.54 Å². The van der Waals surface area contributed by atoms with Crippen LogP contribution in [0.25, 0.3) is 0 Å². The van der Waals surface area contributed by atoms with Crippen LogP contribution in [-0.2, 0) is 9.59 Å². The zero-order valence-electron chi connectivity index (χ0n) is 13.3. The largest absolute Gasteiger partial charge is 0.481 e. The SMILES string of the molecule is CCC(CC)(CNC(=O)C(c1ccccc1)C1CC1)C(=O)O. The molecule has 0 spiro atoms. The Morgan fingerprint density at radius 2 is 1.82 bits per heavy atom. The summed E-state index contributed by atoms with van der Waals surface area (Å²) in [5, 5.41) is 12.4. The van der Waals surface area contributed by atoms with Crippen LogP contribution in [0, 0.1) is 11.3 Å². The van der Waals surface area contributed by atoms with Gasteiger partial charge in [-0.25, -0.2) is 0 Å². The van der Waals surface area contributed by atoms with Crippen LogP contribution in [0.5, 0.6) is 0 Å². The molecular weight excluding hydrogens is 278 g/mol. The topological polar surface area (TPSA) is 66.4 Å². The fraction of sp³-hybridized carbons (Fsp3) is 0.556. The molecule has 2 N–H and O–H groups in total. The van der Waals surface area contributed by atoms with Crippen molar-refractivity contribution in [1.82, 2.24) is 5.32 Å². The minimum absolute atomic E-state index is 0.0405. The Labute approximate surface area is 131 Å². The lowest BCUT2D eigenvalue weighted by molar-refractivity contribution is -0.149. The first-order valence-corrected chi connectivity index (χ1v) is 8.10. The van der Waals surface area contributed by atoms with E-state index < -0.39 is 11.4 Å². The molecule has 1 amide bonds. The highest BCUT2D eigenvalue weighted by Gasteiger charge is 2.39. The summed E-state index contributed by atoms with van der Waals surface area (Å²) in [5.74, 6) is -0.631. The first-order valence-electron chi connectivity index (χ1n) is 8.10. The molecule has 4 heteroatoms. The van der Waals surface area contributed by atoms with Crippen molar-refractivity contribution in [1.29, 1.82) is 0 Å². The molecule has 1 aliphatic carbocycles. The smallest absolute Gasteiger partial charge is 0.311 e. The van der Waals surface area contributed by atoms with E-state index >= 15 is 0 Å². The van der Waals surface area contributed by atoms with Crippen LogP contribution in [0.3, 0.4) is 0 Å². The van der Waals surface area contributed by atoms with Crippen LogP contribution in [0.4, 0.5) is 0 Å². The summed E-state index contributed by atoms with van der Waals surface area (Å²) in [7, 11) is 0. The molecule has 1 aromatic carbocycles. The molecule has 2 rings (SSSR count). The number of amides is 1. The van der Waals surface area contributed by atoms with Crippen molar-refractivity contribution in [2.75, 3.05) is 6.54 Å². The molecule has 22 heavy (non-hydrogen) atoms. The lowest BCUT2D eigenvalue weighted by Gasteiger charge is -2.28. The number of hydrogen-bond donors (Lipinski definition) is 2. The number of rotatable bonds is 8. The third kappa shape index (κ3) is 3.49. The van der Waals surface area contributed by atoms with E-state index in [2.05, 4.69) is 5.32 Å². The molecule has 1 unspecified atom stereocenters. The fourth-order valence-corrected chi connectivity index (χ4v) is 2.97. The standard InChI is InChI=1S/C18H25NO3/c1-3-18(4-2,17(21)22)12-19-16(20)15(14-10-11-14)13-8-6-5-7-9-13/h5-9,14-15H,3-4,10-12H2,1-2H3,(H,19,20)(H,21,22). The van der Waals surface area contributed by atoms with E-state index in [-0.39, 0.29) is 18.4 Å². The lowest BCUT2D eigenvalue weighted by atomic mass is 9.82. The van der Waals surface area contributed by atoms with Gasteiger partial charge in [-0.3, -0.25) is 9.59 Å². The summed E-state index contributed by atoms with van der Waals surface area (Å²) >= 11 is 0. The van der Waals surface area contributed by atoms with Crippen molar-refractivity contribution in [2.24, 2.45) is 11.3 Å². The Morgan fingerprint density at radius 1 is 1.23 bits per heavy atom. The minimum Gasteiger partial charge on any atom is -0.481 e. The second-order valence-electron chi connectivity index (χ2n) is 6.24. The van der Waals surface area contributed by atoms with Crippen LogP contribution in [-0.4, -0.2) is 23.5 Å². The van der Waals surface area contributed by atoms with Gasteiger partial charge in [0.1, 0.15) is 0 Å². The van der Waals surface area contributed by atoms with E-state index in [1.807, 2.05) is 44.2 Å². The second-order valence-corrected chi connectivity index (χ2v) is 6.24. The van der Waals surface area contributed by atoms with Crippen molar-refractivity contribution < 1.29 is 14.7 Å². The van der Waals surface area contributed by atoms with Gasteiger partial charge in [-0.1, -0.05) is 44.2 Å². The van der Waals surface area contributed by atoms with E-state index in [9.17, 15) is 14.7 Å². The van der Waals surface area contributed by atoms with Crippen LogP contribution < -0.4 is 5.32 Å². The first kappa shape index (κ1) is 16.5. The lowest BCUT2D eigenvalue weighted by Crippen LogP contribution is -2.44. The van der Waals surface area contributed by atoms with Crippen molar-refractivity contribution in [3.63, 3.8) is 0 Å². The molecule has 1 aliphatic rings. The van der Waals surface area contributed by atoms with E-state index in [0.717, 1.165) is 18.4 Å². The van der Waals surface area contributed by atoms with Crippen molar-refractivity contribution in [2.45, 2.75) is 45.4 Å². The molecule has 4 nitrogen and oxygen atoms in total. The van der Waals surface area contributed by atoms with Gasteiger partial charge in [0.25, 0.3) is 0 Å². The molecule has 0 aliphatic heterocycles. The monoisotopic (exact) mass is 303 g/mol. The summed E-state index contributed by atoms with van der Waals surface area (Å²) in [6.45, 7) is 3.92. The average Bonchev–Trinajstić information content (AvgIpc) is 3.34. The Hall–Kier alpha value is -1.84. The molecule has 1 saturated carbocycles. The molecule has 120 valence electrons. The zero-order chi connectivity index (χ0) is 16.2. The van der Waals surface area contributed by atoms with Crippen LogP contribution in [0.2, 0.25) is 0 Å². The Bertz CT molecular complexity index is 518. The van der Waals surface area contributed by atoms with Gasteiger partial charge in [-0.2, -0.15) is 0 Å². The molecule has 0 bridgehead atoms. The molecule has 0 heterocycles. The fourth-order valence-electron chi connectivity index (χ4n) is 2.97. The van der Waals surface area contributed by atoms with Gasteiger partial charge in [0.2, 0.25) is 5.91 Å². The number of carboxylic acids is 1. The van der Waals surface area contributed by atoms with Gasteiger partial charge < -0.3 is 10.4 Å². The molecule has 1 fully saturated rings. The van der Waals surface area contributed by atoms with Gasteiger partial charge in [0.15, 0.2) is 0 Å². The summed E-state index contributed by atoms with van der Waals surface area (Å²) in [6, 6.07) is 9.78. The predicted molar refractivity (Wildman–Crippen MR) is 85.6 cm³/mol. The minimum atomic E-state index is -0.861. The Morgan fingerprint density at radius 3 is 2.27 bits per heavy atom. The van der Waals surface area contributed by atoms with Crippen molar-refractivity contribution >= 4 is 11.9 Å². The number of hydrogen-bond acceptors (Lipinski definition) is 2. The number of benzene rings is 1. The van der Waals surface area contributed by atoms with Crippen LogP contribution >= 0.6 is 0 Å². The number of carbonyl (C=O) groups is 2. The Kier molecular flexibility index (Phi) is 5.22. The molecule has 1 atom stereocenters. The molecular formula is C18H25NO3. The summed E-state index contributed by atoms with van der Waals surface area (Å²) in [4.78, 5) is 24.2. The summed E-state index contributed by atoms with van der Waals surface area (Å²) in [6.07, 6.45) is 3.16. The van der Waals surface area contributed by atoms with Crippen LogP contribution in [0.1, 0.15) is 51.0 Å². The highest BCUT2D eigenvalue weighted by atomic mass is 16.4. The van der Waals surface area contributed by atoms with E-state index in [0.29, 0.717) is 18.8 Å². The van der Waals surface area contributed by atoms with Gasteiger partial charge >= 0.3 is 5.97 Å². The molecule has 0 saturated heterocycles. The van der Waals surface area contributed by atoms with Crippen molar-refractivity contribution in [3.8, 4) is 0 Å². The predicted octanol–water partition coefficient (Wildman–Crippen LogP) is 3.19. The third-order valence-electron chi connectivity index (χ3n) is 4.94. The number of nitrogens with one attached hydrogen (secondary N) is 1. The normalized spacial score (nSPS) is 16.1.